The van der Waals surface area contributed by atoms with Gasteiger partial charge in [0.25, 0.3) is 5.91 Å². The summed E-state index contributed by atoms with van der Waals surface area (Å²) in [6.45, 7) is 3.75. The summed E-state index contributed by atoms with van der Waals surface area (Å²) >= 11 is 0. The second kappa shape index (κ2) is 5.66. The molecule has 6 nitrogen and oxygen atoms in total. The van der Waals surface area contributed by atoms with Crippen LogP contribution in [0.25, 0.3) is 0 Å². The van der Waals surface area contributed by atoms with Crippen molar-refractivity contribution < 1.29 is 14.7 Å². The van der Waals surface area contributed by atoms with Crippen LogP contribution >= 0.6 is 0 Å². The Kier molecular flexibility index (Phi) is 4.47. The molecule has 1 aromatic heterocycles. The molecule has 0 aliphatic heterocycles. The Morgan fingerprint density at radius 2 is 2.06 bits per heavy atom. The van der Waals surface area contributed by atoms with E-state index in [-0.39, 0.29) is 12.5 Å². The maximum atomic E-state index is 11.9. The van der Waals surface area contributed by atoms with E-state index in [0.717, 1.165) is 0 Å². The SMILES string of the molecule is CCC(CC)(CNC(=O)c1cncn1C)C(=O)O. The Morgan fingerprint density at radius 3 is 2.44 bits per heavy atom. The molecule has 0 aliphatic carbocycles. The average molecular weight is 253 g/mol. The highest BCUT2D eigenvalue weighted by atomic mass is 16.4. The zero-order chi connectivity index (χ0) is 13.8. The molecular weight excluding hydrogens is 234 g/mol. The first-order valence-electron chi connectivity index (χ1n) is 5.94. The molecule has 0 atom stereocenters. The number of carbonyl (C=O) groups is 2. The van der Waals surface area contributed by atoms with Crippen molar-refractivity contribution in [1.82, 2.24) is 14.9 Å². The van der Waals surface area contributed by atoms with Crippen LogP contribution in [0.3, 0.4) is 0 Å². The molecule has 1 heterocycles. The van der Waals surface area contributed by atoms with Gasteiger partial charge in [0.15, 0.2) is 0 Å². The lowest BCUT2D eigenvalue weighted by molar-refractivity contribution is -0.149. The van der Waals surface area contributed by atoms with Gasteiger partial charge in [0.2, 0.25) is 0 Å². The lowest BCUT2D eigenvalue weighted by Gasteiger charge is -2.26. The molecule has 0 fully saturated rings. The first-order valence-corrected chi connectivity index (χ1v) is 5.94. The van der Waals surface area contributed by atoms with Gasteiger partial charge in [-0.3, -0.25) is 9.59 Å². The van der Waals surface area contributed by atoms with Crippen LogP contribution in [0.5, 0.6) is 0 Å². The molecule has 0 aliphatic rings. The highest BCUT2D eigenvalue weighted by Gasteiger charge is 2.35. The fourth-order valence-corrected chi connectivity index (χ4v) is 1.79. The number of amides is 1. The molecule has 6 heteroatoms. The van der Waals surface area contributed by atoms with Gasteiger partial charge in [-0.05, 0) is 12.8 Å². The summed E-state index contributed by atoms with van der Waals surface area (Å²) in [5.41, 5.74) is -0.477. The monoisotopic (exact) mass is 253 g/mol. The topological polar surface area (TPSA) is 84.2 Å². The molecule has 1 aromatic rings. The van der Waals surface area contributed by atoms with E-state index < -0.39 is 11.4 Å². The molecule has 0 unspecified atom stereocenters. The number of aryl methyl sites for hydroxylation is 1. The first-order chi connectivity index (χ1) is 8.46. The highest BCUT2D eigenvalue weighted by Crippen LogP contribution is 2.25. The molecule has 1 amide bonds. The Morgan fingerprint density at radius 1 is 1.44 bits per heavy atom. The van der Waals surface area contributed by atoms with E-state index in [1.54, 1.807) is 11.6 Å². The minimum atomic E-state index is -0.895. The minimum Gasteiger partial charge on any atom is -0.481 e. The number of carboxylic acid groups (broad SMARTS) is 1. The number of nitrogens with one attached hydrogen (secondary N) is 1. The molecule has 18 heavy (non-hydrogen) atoms. The van der Waals surface area contributed by atoms with E-state index >= 15 is 0 Å². The number of imidazole rings is 1. The van der Waals surface area contributed by atoms with Crippen LogP contribution in [0.15, 0.2) is 12.5 Å². The second-order valence-electron chi connectivity index (χ2n) is 4.37. The van der Waals surface area contributed by atoms with E-state index in [4.69, 9.17) is 0 Å². The smallest absolute Gasteiger partial charge is 0.311 e. The summed E-state index contributed by atoms with van der Waals surface area (Å²) in [6, 6.07) is 0. The van der Waals surface area contributed by atoms with Gasteiger partial charge in [0, 0.05) is 13.6 Å². The molecule has 1 rings (SSSR count). The summed E-state index contributed by atoms with van der Waals surface area (Å²) in [5.74, 6) is -1.18. The van der Waals surface area contributed by atoms with Gasteiger partial charge >= 0.3 is 5.97 Å². The number of aromatic nitrogens is 2. The molecule has 0 radical (unpaired) electrons. The summed E-state index contributed by atoms with van der Waals surface area (Å²) in [6.07, 6.45) is 3.93. The van der Waals surface area contributed by atoms with E-state index in [1.807, 2.05) is 13.8 Å². The standard InChI is InChI=1S/C12H19N3O3/c1-4-12(5-2,11(17)18)7-14-10(16)9-6-13-8-15(9)3/h6,8H,4-5,7H2,1-3H3,(H,14,16)(H,17,18). The number of rotatable bonds is 6. The van der Waals surface area contributed by atoms with Crippen LogP contribution in [0.2, 0.25) is 0 Å². The number of carbonyl (C=O) groups excluding carboxylic acids is 1. The summed E-state index contributed by atoms with van der Waals surface area (Å²) < 4.78 is 1.59. The minimum absolute atomic E-state index is 0.124. The largest absolute Gasteiger partial charge is 0.481 e. The molecule has 2 N–H and O–H groups in total. The van der Waals surface area contributed by atoms with E-state index in [9.17, 15) is 14.7 Å². The number of aliphatic carboxylic acids is 1. The average Bonchev–Trinajstić information content (AvgIpc) is 2.77. The number of carboxylic acids is 1. The van der Waals surface area contributed by atoms with Gasteiger partial charge in [-0.15, -0.1) is 0 Å². The lowest BCUT2D eigenvalue weighted by atomic mass is 9.82. The molecule has 100 valence electrons. The van der Waals surface area contributed by atoms with Crippen molar-refractivity contribution in [2.24, 2.45) is 12.5 Å². The quantitative estimate of drug-likeness (QED) is 0.793. The van der Waals surface area contributed by atoms with Gasteiger partial charge in [-0.1, -0.05) is 13.8 Å². The fraction of sp³-hybridized carbons (Fsp3) is 0.583. The van der Waals surface area contributed by atoms with Crippen LogP contribution in [-0.2, 0) is 11.8 Å². The van der Waals surface area contributed by atoms with Crippen molar-refractivity contribution in [3.63, 3.8) is 0 Å². The fourth-order valence-electron chi connectivity index (χ4n) is 1.79. The lowest BCUT2D eigenvalue weighted by Crippen LogP contribution is -2.42. The number of hydrogen-bond acceptors (Lipinski definition) is 3. The van der Waals surface area contributed by atoms with Crippen LogP contribution in [0.1, 0.15) is 37.2 Å². The summed E-state index contributed by atoms with van der Waals surface area (Å²) in [5, 5.41) is 11.9. The molecule has 0 saturated heterocycles. The molecule has 0 saturated carbocycles. The normalized spacial score (nSPS) is 11.3. The van der Waals surface area contributed by atoms with Crippen LogP contribution < -0.4 is 5.32 Å². The Balaban J connectivity index is 2.72. The third-order valence-electron chi connectivity index (χ3n) is 3.44. The molecule has 0 bridgehead atoms. The van der Waals surface area contributed by atoms with Gasteiger partial charge in [0.1, 0.15) is 5.69 Å². The van der Waals surface area contributed by atoms with Gasteiger partial charge in [-0.25, -0.2) is 4.98 Å². The zero-order valence-electron chi connectivity index (χ0n) is 10.9. The molecular formula is C12H19N3O3. The number of hydrogen-bond donors (Lipinski definition) is 2. The molecule has 0 spiro atoms. The Hall–Kier alpha value is -1.85. The van der Waals surface area contributed by atoms with E-state index in [0.29, 0.717) is 18.5 Å². The van der Waals surface area contributed by atoms with E-state index in [2.05, 4.69) is 10.3 Å². The third kappa shape index (κ3) is 2.69. The van der Waals surface area contributed by atoms with Gasteiger partial charge < -0.3 is 15.0 Å². The summed E-state index contributed by atoms with van der Waals surface area (Å²) in [7, 11) is 1.71. The predicted octanol–water partition coefficient (Wildman–Crippen LogP) is 1.04. The van der Waals surface area contributed by atoms with Crippen molar-refractivity contribution in [3.8, 4) is 0 Å². The maximum Gasteiger partial charge on any atom is 0.311 e. The summed E-state index contributed by atoms with van der Waals surface area (Å²) in [4.78, 5) is 27.0. The Labute approximate surface area is 106 Å². The van der Waals surface area contributed by atoms with Crippen molar-refractivity contribution in [1.29, 1.82) is 0 Å². The van der Waals surface area contributed by atoms with Crippen molar-refractivity contribution in [2.75, 3.05) is 6.54 Å². The number of nitrogens with zero attached hydrogens (tertiary/aromatic N) is 2. The first kappa shape index (κ1) is 14.2. The van der Waals surface area contributed by atoms with Gasteiger partial charge in [0.05, 0.1) is 17.9 Å². The van der Waals surface area contributed by atoms with Crippen molar-refractivity contribution in [3.05, 3.63) is 18.2 Å². The predicted molar refractivity (Wildman–Crippen MR) is 66.2 cm³/mol. The highest BCUT2D eigenvalue weighted by molar-refractivity contribution is 5.92. The zero-order valence-corrected chi connectivity index (χ0v) is 10.9. The molecule has 0 aromatic carbocycles. The van der Waals surface area contributed by atoms with Gasteiger partial charge in [-0.2, -0.15) is 0 Å². The van der Waals surface area contributed by atoms with Crippen LogP contribution in [-0.4, -0.2) is 33.1 Å². The van der Waals surface area contributed by atoms with Crippen LogP contribution in [0, 0.1) is 5.41 Å². The van der Waals surface area contributed by atoms with E-state index in [1.165, 1.54) is 12.5 Å². The third-order valence-corrected chi connectivity index (χ3v) is 3.44. The van der Waals surface area contributed by atoms with Crippen LogP contribution in [0.4, 0.5) is 0 Å². The maximum absolute atomic E-state index is 11.9. The Bertz CT molecular complexity index is 436. The van der Waals surface area contributed by atoms with Crippen molar-refractivity contribution >= 4 is 11.9 Å². The van der Waals surface area contributed by atoms with Crippen molar-refractivity contribution in [2.45, 2.75) is 26.7 Å². The second-order valence-corrected chi connectivity index (χ2v) is 4.37.